The van der Waals surface area contributed by atoms with Gasteiger partial charge in [-0.2, -0.15) is 0 Å². The summed E-state index contributed by atoms with van der Waals surface area (Å²) >= 11 is 0. The summed E-state index contributed by atoms with van der Waals surface area (Å²) in [4.78, 5) is 4.80. The monoisotopic (exact) mass is 354 g/mol. The number of allylic oxidation sites excluding steroid dienone is 2. The molecule has 0 radical (unpaired) electrons. The quantitative estimate of drug-likeness (QED) is 0.594. The molecule has 0 spiro atoms. The van der Waals surface area contributed by atoms with E-state index in [-0.39, 0.29) is 0 Å². The van der Waals surface area contributed by atoms with Gasteiger partial charge in [-0.05, 0) is 54.2 Å². The van der Waals surface area contributed by atoms with Gasteiger partial charge in [0.15, 0.2) is 0 Å². The lowest BCUT2D eigenvalue weighted by atomic mass is 9.90. The molecule has 1 atom stereocenters. The zero-order chi connectivity index (χ0) is 18.4. The van der Waals surface area contributed by atoms with Gasteiger partial charge >= 0.3 is 0 Å². The third-order valence-corrected chi connectivity index (χ3v) is 5.69. The summed E-state index contributed by atoms with van der Waals surface area (Å²) in [5.41, 5.74) is 7.65. The predicted molar refractivity (Wildman–Crippen MR) is 109 cm³/mol. The van der Waals surface area contributed by atoms with E-state index in [0.29, 0.717) is 5.92 Å². The standard InChI is InChI=1S/C24H22N2O/c1-16-12-19-14-23-25-15-22(17-6-4-3-5-7-17)26(23)24(21(19)13-16)18-8-10-20(27-2)11-9-18/h3-11,15,19H,1,12-14H2,2H3. The first kappa shape index (κ1) is 16.1. The van der Waals surface area contributed by atoms with Crippen molar-refractivity contribution in [2.45, 2.75) is 19.3 Å². The van der Waals surface area contributed by atoms with Crippen molar-refractivity contribution in [3.63, 3.8) is 0 Å². The van der Waals surface area contributed by atoms with Gasteiger partial charge in [0.25, 0.3) is 0 Å². The second-order valence-electron chi connectivity index (χ2n) is 7.40. The molecule has 0 bridgehead atoms. The highest BCUT2D eigenvalue weighted by Gasteiger charge is 2.34. The molecule has 2 heterocycles. The van der Waals surface area contributed by atoms with Crippen LogP contribution in [0.15, 0.2) is 78.5 Å². The molecule has 0 N–H and O–H groups in total. The average Bonchev–Trinajstić information content (AvgIpc) is 3.29. The van der Waals surface area contributed by atoms with Crippen molar-refractivity contribution in [3.8, 4) is 17.0 Å². The smallest absolute Gasteiger partial charge is 0.118 e. The lowest BCUT2D eigenvalue weighted by Gasteiger charge is -2.27. The summed E-state index contributed by atoms with van der Waals surface area (Å²) in [6.45, 7) is 4.28. The first-order chi connectivity index (χ1) is 13.2. The summed E-state index contributed by atoms with van der Waals surface area (Å²) in [7, 11) is 1.70. The van der Waals surface area contributed by atoms with Crippen molar-refractivity contribution >= 4 is 5.70 Å². The van der Waals surface area contributed by atoms with Crippen LogP contribution in [0, 0.1) is 5.92 Å². The highest BCUT2D eigenvalue weighted by molar-refractivity contribution is 5.78. The molecule has 1 aliphatic carbocycles. The topological polar surface area (TPSA) is 27.1 Å². The zero-order valence-corrected chi connectivity index (χ0v) is 15.5. The lowest BCUT2D eigenvalue weighted by molar-refractivity contribution is 0.415. The summed E-state index contributed by atoms with van der Waals surface area (Å²) < 4.78 is 7.72. The molecule has 1 saturated carbocycles. The van der Waals surface area contributed by atoms with Gasteiger partial charge in [-0.3, -0.25) is 4.57 Å². The molecule has 134 valence electrons. The van der Waals surface area contributed by atoms with Gasteiger partial charge in [-0.15, -0.1) is 0 Å². The minimum Gasteiger partial charge on any atom is -0.497 e. The molecule has 3 aromatic rings. The van der Waals surface area contributed by atoms with E-state index in [0.717, 1.165) is 36.5 Å². The minimum absolute atomic E-state index is 0.521. The Morgan fingerprint density at radius 2 is 1.78 bits per heavy atom. The van der Waals surface area contributed by atoms with E-state index >= 15 is 0 Å². The third-order valence-electron chi connectivity index (χ3n) is 5.69. The number of nitrogens with zero attached hydrogens (tertiary/aromatic N) is 2. The van der Waals surface area contributed by atoms with Crippen LogP contribution in [0.25, 0.3) is 17.0 Å². The summed E-state index contributed by atoms with van der Waals surface area (Å²) in [6, 6.07) is 18.9. The number of aromatic nitrogens is 2. The van der Waals surface area contributed by atoms with E-state index in [1.54, 1.807) is 7.11 Å². The van der Waals surface area contributed by atoms with Crippen LogP contribution in [-0.4, -0.2) is 16.7 Å². The van der Waals surface area contributed by atoms with Crippen LogP contribution in [0.1, 0.15) is 24.2 Å². The molecule has 1 aliphatic heterocycles. The zero-order valence-electron chi connectivity index (χ0n) is 15.5. The molecule has 1 unspecified atom stereocenters. The molecule has 0 saturated heterocycles. The van der Waals surface area contributed by atoms with Crippen LogP contribution < -0.4 is 4.74 Å². The molecule has 2 aromatic carbocycles. The van der Waals surface area contributed by atoms with Crippen LogP contribution in [0.5, 0.6) is 5.75 Å². The van der Waals surface area contributed by atoms with Gasteiger partial charge in [-0.25, -0.2) is 4.98 Å². The van der Waals surface area contributed by atoms with Crippen LogP contribution >= 0.6 is 0 Å². The highest BCUT2D eigenvalue weighted by Crippen LogP contribution is 2.46. The van der Waals surface area contributed by atoms with Crippen molar-refractivity contribution in [3.05, 3.63) is 89.9 Å². The maximum atomic E-state index is 5.36. The Labute approximate surface area is 159 Å². The molecule has 0 amide bonds. The number of ether oxygens (including phenoxy) is 1. The normalized spacial score (nSPS) is 18.4. The maximum absolute atomic E-state index is 5.36. The Morgan fingerprint density at radius 1 is 1.00 bits per heavy atom. The fourth-order valence-corrected chi connectivity index (χ4v) is 4.45. The largest absolute Gasteiger partial charge is 0.497 e. The Balaban J connectivity index is 1.74. The van der Waals surface area contributed by atoms with Gasteiger partial charge in [-0.1, -0.05) is 42.5 Å². The van der Waals surface area contributed by atoms with Gasteiger partial charge in [0, 0.05) is 12.0 Å². The van der Waals surface area contributed by atoms with Crippen molar-refractivity contribution in [1.82, 2.24) is 9.55 Å². The second kappa shape index (κ2) is 6.27. The van der Waals surface area contributed by atoms with E-state index in [2.05, 4.69) is 53.6 Å². The molecule has 1 fully saturated rings. The van der Waals surface area contributed by atoms with Gasteiger partial charge in [0.1, 0.15) is 11.6 Å². The minimum atomic E-state index is 0.521. The number of rotatable bonds is 3. The molecular formula is C24H22N2O. The SMILES string of the molecule is C=C1CC2=C(c3ccc(OC)cc3)n3c(-c4ccccc4)cnc3CC2C1. The van der Waals surface area contributed by atoms with Crippen LogP contribution in [0.2, 0.25) is 0 Å². The molecule has 5 rings (SSSR count). The molecule has 2 aliphatic rings. The summed E-state index contributed by atoms with van der Waals surface area (Å²) in [6.07, 6.45) is 5.06. The first-order valence-corrected chi connectivity index (χ1v) is 9.41. The van der Waals surface area contributed by atoms with Gasteiger partial charge in [0.2, 0.25) is 0 Å². The fraction of sp³-hybridized carbons (Fsp3) is 0.208. The third kappa shape index (κ3) is 2.62. The number of benzene rings is 2. The number of hydrogen-bond donors (Lipinski definition) is 0. The van der Waals surface area contributed by atoms with Crippen LogP contribution in [-0.2, 0) is 6.42 Å². The van der Waals surface area contributed by atoms with Crippen molar-refractivity contribution in [1.29, 1.82) is 0 Å². The number of imidazole rings is 1. The number of fused-ring (bicyclic) bond motifs is 2. The molecule has 3 nitrogen and oxygen atoms in total. The van der Waals surface area contributed by atoms with E-state index in [1.807, 2.05) is 18.3 Å². The Hall–Kier alpha value is -3.07. The molecule has 27 heavy (non-hydrogen) atoms. The predicted octanol–water partition coefficient (Wildman–Crippen LogP) is 5.34. The Bertz CT molecular complexity index is 1040. The molecule has 3 heteroatoms. The van der Waals surface area contributed by atoms with Crippen molar-refractivity contribution in [2.75, 3.05) is 7.11 Å². The van der Waals surface area contributed by atoms with E-state index < -0.39 is 0 Å². The fourth-order valence-electron chi connectivity index (χ4n) is 4.45. The van der Waals surface area contributed by atoms with E-state index in [4.69, 9.17) is 9.72 Å². The van der Waals surface area contributed by atoms with Crippen LogP contribution in [0.4, 0.5) is 0 Å². The van der Waals surface area contributed by atoms with E-state index in [1.165, 1.54) is 28.0 Å². The summed E-state index contributed by atoms with van der Waals surface area (Å²) in [5, 5.41) is 0. The molecular weight excluding hydrogens is 332 g/mol. The number of methoxy groups -OCH3 is 1. The Kier molecular flexibility index (Phi) is 3.75. The van der Waals surface area contributed by atoms with Crippen molar-refractivity contribution < 1.29 is 4.74 Å². The average molecular weight is 354 g/mol. The summed E-state index contributed by atoms with van der Waals surface area (Å²) in [5.74, 6) is 2.54. The number of hydrogen-bond acceptors (Lipinski definition) is 2. The Morgan fingerprint density at radius 3 is 2.52 bits per heavy atom. The second-order valence-corrected chi connectivity index (χ2v) is 7.40. The van der Waals surface area contributed by atoms with Gasteiger partial charge in [0.05, 0.1) is 24.7 Å². The highest BCUT2D eigenvalue weighted by atomic mass is 16.5. The molecule has 1 aromatic heterocycles. The van der Waals surface area contributed by atoms with Gasteiger partial charge < -0.3 is 4.74 Å². The van der Waals surface area contributed by atoms with Crippen molar-refractivity contribution in [2.24, 2.45) is 5.92 Å². The maximum Gasteiger partial charge on any atom is 0.118 e. The first-order valence-electron chi connectivity index (χ1n) is 9.41. The van der Waals surface area contributed by atoms with Crippen LogP contribution in [0.3, 0.4) is 0 Å². The lowest BCUT2D eigenvalue weighted by Crippen LogP contribution is -2.19. The van der Waals surface area contributed by atoms with E-state index in [9.17, 15) is 0 Å².